The van der Waals surface area contributed by atoms with Gasteiger partial charge in [-0.15, -0.1) is 0 Å². The molecule has 0 aromatic rings. The van der Waals surface area contributed by atoms with Gasteiger partial charge in [0.1, 0.15) is 0 Å². The van der Waals surface area contributed by atoms with E-state index in [2.05, 4.69) is 4.74 Å². The number of aliphatic hydroxyl groups excluding tert-OH is 1. The summed E-state index contributed by atoms with van der Waals surface area (Å²) in [6.45, 7) is 0.150. The van der Waals surface area contributed by atoms with Gasteiger partial charge >= 0.3 is 5.97 Å². The fourth-order valence-corrected chi connectivity index (χ4v) is 0.783. The zero-order valence-electron chi connectivity index (χ0n) is 4.78. The molecule has 1 heterocycles. The molecule has 1 rings (SSSR count). The summed E-state index contributed by atoms with van der Waals surface area (Å²) < 4.78 is 4.68. The fourth-order valence-electron chi connectivity index (χ4n) is 0.783. The van der Waals surface area contributed by atoms with Crippen LogP contribution in [0.25, 0.3) is 0 Å². The van der Waals surface area contributed by atoms with Crippen molar-refractivity contribution in [1.82, 2.24) is 0 Å². The Morgan fingerprint density at radius 2 is 2.33 bits per heavy atom. The standard InChI is InChI=1S/C5H8O4/c6-3-1-4(5(7)8)9-2-3/h3-4,6H,1-2H2,(H,7,8). The zero-order valence-corrected chi connectivity index (χ0v) is 4.78. The number of aliphatic carboxylic acids is 1. The number of ether oxygens (including phenoxy) is 1. The molecule has 52 valence electrons. The maximum atomic E-state index is 10.1. The van der Waals surface area contributed by atoms with Crippen LogP contribution in [0.3, 0.4) is 0 Å². The quantitative estimate of drug-likeness (QED) is 0.491. The van der Waals surface area contributed by atoms with Crippen molar-refractivity contribution in [3.8, 4) is 0 Å². The molecule has 4 heteroatoms. The minimum atomic E-state index is -0.994. The lowest BCUT2D eigenvalue weighted by Gasteiger charge is -1.98. The van der Waals surface area contributed by atoms with Gasteiger partial charge in [-0.1, -0.05) is 0 Å². The summed E-state index contributed by atoms with van der Waals surface area (Å²) in [5.41, 5.74) is 0. The van der Waals surface area contributed by atoms with E-state index < -0.39 is 18.2 Å². The van der Waals surface area contributed by atoms with Crippen LogP contribution >= 0.6 is 0 Å². The second-order valence-corrected chi connectivity index (χ2v) is 2.05. The molecule has 0 aromatic carbocycles. The smallest absolute Gasteiger partial charge is 0.332 e. The third-order valence-electron chi connectivity index (χ3n) is 1.25. The summed E-state index contributed by atoms with van der Waals surface area (Å²) in [5, 5.41) is 17.1. The van der Waals surface area contributed by atoms with E-state index in [9.17, 15) is 4.79 Å². The average molecular weight is 132 g/mol. The van der Waals surface area contributed by atoms with Crippen LogP contribution in [0, 0.1) is 0 Å². The number of carboxylic acids is 1. The molecule has 2 N–H and O–H groups in total. The fraction of sp³-hybridized carbons (Fsp3) is 0.800. The molecule has 1 saturated heterocycles. The Bertz CT molecular complexity index is 122. The Labute approximate surface area is 52.1 Å². The van der Waals surface area contributed by atoms with Crippen LogP contribution in [0.4, 0.5) is 0 Å². The van der Waals surface area contributed by atoms with Gasteiger partial charge in [-0.2, -0.15) is 0 Å². The molecule has 0 saturated carbocycles. The second-order valence-electron chi connectivity index (χ2n) is 2.05. The molecular weight excluding hydrogens is 124 g/mol. The second kappa shape index (κ2) is 2.33. The summed E-state index contributed by atoms with van der Waals surface area (Å²) in [5.74, 6) is -0.994. The predicted octanol–water partition coefficient (Wildman–Crippen LogP) is -0.779. The Balaban J connectivity index is 2.39. The molecule has 0 aromatic heterocycles. The topological polar surface area (TPSA) is 66.8 Å². The van der Waals surface area contributed by atoms with Crippen LogP contribution < -0.4 is 0 Å². The van der Waals surface area contributed by atoms with Crippen molar-refractivity contribution < 1.29 is 19.7 Å². The Morgan fingerprint density at radius 1 is 1.67 bits per heavy atom. The van der Waals surface area contributed by atoms with E-state index in [1.807, 2.05) is 0 Å². The number of carbonyl (C=O) groups is 1. The number of hydrogen-bond acceptors (Lipinski definition) is 3. The first-order valence-electron chi connectivity index (χ1n) is 2.72. The molecule has 0 amide bonds. The van der Waals surface area contributed by atoms with Crippen LogP contribution in [0.5, 0.6) is 0 Å². The minimum absolute atomic E-state index is 0.150. The van der Waals surface area contributed by atoms with Gasteiger partial charge < -0.3 is 14.9 Å². The monoisotopic (exact) mass is 132 g/mol. The third-order valence-corrected chi connectivity index (χ3v) is 1.25. The Kier molecular flexibility index (Phi) is 1.68. The number of rotatable bonds is 1. The summed E-state index contributed by atoms with van der Waals surface area (Å²) >= 11 is 0. The molecule has 0 spiro atoms. The normalized spacial score (nSPS) is 34.8. The van der Waals surface area contributed by atoms with E-state index in [-0.39, 0.29) is 13.0 Å². The Morgan fingerprint density at radius 3 is 2.56 bits per heavy atom. The van der Waals surface area contributed by atoms with Crippen LogP contribution in [0.15, 0.2) is 0 Å². The first-order chi connectivity index (χ1) is 4.20. The maximum absolute atomic E-state index is 10.1. The van der Waals surface area contributed by atoms with E-state index in [1.54, 1.807) is 0 Å². The number of hydrogen-bond donors (Lipinski definition) is 2. The highest BCUT2D eigenvalue weighted by Gasteiger charge is 2.28. The SMILES string of the molecule is O=C(O)C1CC(O)CO1. The van der Waals surface area contributed by atoms with Gasteiger partial charge in [-0.25, -0.2) is 4.79 Å². The molecule has 1 aliphatic heterocycles. The molecule has 0 bridgehead atoms. The summed E-state index contributed by atoms with van der Waals surface area (Å²) in [6.07, 6.45) is -1.17. The number of aliphatic hydroxyl groups is 1. The van der Waals surface area contributed by atoms with Crippen molar-refractivity contribution >= 4 is 5.97 Å². The Hall–Kier alpha value is -0.610. The van der Waals surface area contributed by atoms with Gasteiger partial charge in [0.05, 0.1) is 12.7 Å². The van der Waals surface area contributed by atoms with Crippen molar-refractivity contribution in [2.24, 2.45) is 0 Å². The minimum Gasteiger partial charge on any atom is -0.479 e. The van der Waals surface area contributed by atoms with E-state index in [0.717, 1.165) is 0 Å². The molecule has 9 heavy (non-hydrogen) atoms. The van der Waals surface area contributed by atoms with E-state index >= 15 is 0 Å². The van der Waals surface area contributed by atoms with Crippen molar-refractivity contribution in [2.45, 2.75) is 18.6 Å². The lowest BCUT2D eigenvalue weighted by molar-refractivity contribution is -0.147. The van der Waals surface area contributed by atoms with Gasteiger partial charge in [0, 0.05) is 6.42 Å². The van der Waals surface area contributed by atoms with Crippen molar-refractivity contribution in [3.63, 3.8) is 0 Å². The van der Waals surface area contributed by atoms with Crippen LogP contribution in [-0.4, -0.2) is 35.0 Å². The van der Waals surface area contributed by atoms with Gasteiger partial charge in [0.25, 0.3) is 0 Å². The first-order valence-corrected chi connectivity index (χ1v) is 2.72. The highest BCUT2D eigenvalue weighted by Crippen LogP contribution is 2.12. The molecule has 1 fully saturated rings. The summed E-state index contributed by atoms with van der Waals surface area (Å²) in [4.78, 5) is 10.1. The summed E-state index contributed by atoms with van der Waals surface area (Å²) in [7, 11) is 0. The maximum Gasteiger partial charge on any atom is 0.332 e. The predicted molar refractivity (Wildman–Crippen MR) is 28.0 cm³/mol. The van der Waals surface area contributed by atoms with E-state index in [0.29, 0.717) is 0 Å². The van der Waals surface area contributed by atoms with Crippen LogP contribution in [-0.2, 0) is 9.53 Å². The third kappa shape index (κ3) is 1.40. The zero-order chi connectivity index (χ0) is 6.85. The molecular formula is C5H8O4. The van der Waals surface area contributed by atoms with E-state index in [1.165, 1.54) is 0 Å². The lowest BCUT2D eigenvalue weighted by atomic mass is 10.2. The van der Waals surface area contributed by atoms with Gasteiger partial charge in [0.2, 0.25) is 0 Å². The highest BCUT2D eigenvalue weighted by atomic mass is 16.5. The van der Waals surface area contributed by atoms with E-state index in [4.69, 9.17) is 10.2 Å². The summed E-state index contributed by atoms with van der Waals surface area (Å²) in [6, 6.07) is 0. The molecule has 0 aliphatic carbocycles. The van der Waals surface area contributed by atoms with Gasteiger partial charge in [0.15, 0.2) is 6.10 Å². The molecule has 2 atom stereocenters. The molecule has 2 unspecified atom stereocenters. The average Bonchev–Trinajstić information content (AvgIpc) is 2.14. The largest absolute Gasteiger partial charge is 0.479 e. The van der Waals surface area contributed by atoms with Gasteiger partial charge in [-0.3, -0.25) is 0 Å². The van der Waals surface area contributed by atoms with Crippen LogP contribution in [0.2, 0.25) is 0 Å². The molecule has 4 nitrogen and oxygen atoms in total. The van der Waals surface area contributed by atoms with Crippen molar-refractivity contribution in [3.05, 3.63) is 0 Å². The highest BCUT2D eigenvalue weighted by molar-refractivity contribution is 5.72. The van der Waals surface area contributed by atoms with Crippen molar-refractivity contribution in [2.75, 3.05) is 6.61 Å². The van der Waals surface area contributed by atoms with Crippen LogP contribution in [0.1, 0.15) is 6.42 Å². The number of carboxylic acid groups (broad SMARTS) is 1. The molecule has 1 aliphatic rings. The lowest BCUT2D eigenvalue weighted by Crippen LogP contribution is -2.18. The first kappa shape index (κ1) is 6.51. The molecule has 0 radical (unpaired) electrons. The van der Waals surface area contributed by atoms with Gasteiger partial charge in [-0.05, 0) is 0 Å². The van der Waals surface area contributed by atoms with Crippen molar-refractivity contribution in [1.29, 1.82) is 0 Å².